The molecule has 2 heterocycles. The Morgan fingerprint density at radius 3 is 2.76 bits per heavy atom. The summed E-state index contributed by atoms with van der Waals surface area (Å²) in [4.78, 5) is 15.7. The first kappa shape index (κ1) is 17.0. The van der Waals surface area contributed by atoms with E-state index in [1.54, 1.807) is 24.5 Å². The largest absolute Gasteiger partial charge is 0.411 e. The van der Waals surface area contributed by atoms with Gasteiger partial charge in [-0.25, -0.2) is 13.2 Å². The number of rotatable bonds is 5. The average Bonchev–Trinajstić information content (AvgIpc) is 3.10. The normalized spacial score (nSPS) is 10.7. The predicted molar refractivity (Wildman–Crippen MR) is 83.2 cm³/mol. The number of nitrogens with zero attached hydrogens (tertiary/aromatic N) is 3. The van der Waals surface area contributed by atoms with Gasteiger partial charge in [-0.15, -0.1) is 10.2 Å². The van der Waals surface area contributed by atoms with Crippen molar-refractivity contribution < 1.29 is 22.4 Å². The van der Waals surface area contributed by atoms with Crippen molar-refractivity contribution in [2.75, 3.05) is 11.1 Å². The maximum atomic E-state index is 13.5. The molecule has 1 N–H and O–H groups in total. The lowest BCUT2D eigenvalue weighted by Gasteiger charge is -2.06. The molecule has 0 aliphatic heterocycles. The minimum Gasteiger partial charge on any atom is -0.411 e. The zero-order valence-electron chi connectivity index (χ0n) is 12.4. The van der Waals surface area contributed by atoms with Crippen LogP contribution in [0.1, 0.15) is 0 Å². The molecule has 0 saturated heterocycles. The molecular formula is C15H9F3N4O2S. The zero-order chi connectivity index (χ0) is 17.8. The molecule has 2 aromatic heterocycles. The second-order valence-corrected chi connectivity index (χ2v) is 5.60. The van der Waals surface area contributed by atoms with Crippen molar-refractivity contribution in [2.45, 2.75) is 5.22 Å². The summed E-state index contributed by atoms with van der Waals surface area (Å²) < 4.78 is 44.8. The topological polar surface area (TPSA) is 80.9 Å². The SMILES string of the molecule is O=C(CSc1nnc(-c2cccnc2)o1)Nc1ccc(F)c(F)c1F. The Hall–Kier alpha value is -2.88. The molecule has 25 heavy (non-hydrogen) atoms. The molecule has 1 amide bonds. The highest BCUT2D eigenvalue weighted by Gasteiger charge is 2.16. The lowest BCUT2D eigenvalue weighted by molar-refractivity contribution is -0.113. The van der Waals surface area contributed by atoms with E-state index in [1.807, 2.05) is 0 Å². The molecule has 0 saturated carbocycles. The summed E-state index contributed by atoms with van der Waals surface area (Å²) >= 11 is 0.913. The van der Waals surface area contributed by atoms with Crippen molar-refractivity contribution in [1.29, 1.82) is 0 Å². The second kappa shape index (κ2) is 7.34. The smallest absolute Gasteiger partial charge is 0.277 e. The van der Waals surface area contributed by atoms with Crippen molar-refractivity contribution in [3.63, 3.8) is 0 Å². The van der Waals surface area contributed by atoms with E-state index in [9.17, 15) is 18.0 Å². The lowest BCUT2D eigenvalue weighted by atomic mass is 10.3. The summed E-state index contributed by atoms with van der Waals surface area (Å²) in [5, 5.41) is 9.86. The third kappa shape index (κ3) is 3.97. The van der Waals surface area contributed by atoms with Crippen molar-refractivity contribution >= 4 is 23.4 Å². The van der Waals surface area contributed by atoms with E-state index in [0.717, 1.165) is 23.9 Å². The molecule has 6 nitrogen and oxygen atoms in total. The van der Waals surface area contributed by atoms with E-state index in [4.69, 9.17) is 4.42 Å². The number of benzene rings is 1. The van der Waals surface area contributed by atoms with Crippen LogP contribution >= 0.6 is 11.8 Å². The van der Waals surface area contributed by atoms with Gasteiger partial charge >= 0.3 is 0 Å². The molecule has 0 fully saturated rings. The third-order valence-corrected chi connectivity index (χ3v) is 3.77. The minimum absolute atomic E-state index is 0.125. The lowest BCUT2D eigenvalue weighted by Crippen LogP contribution is -2.15. The van der Waals surface area contributed by atoms with E-state index in [-0.39, 0.29) is 16.9 Å². The maximum absolute atomic E-state index is 13.5. The van der Waals surface area contributed by atoms with Crippen LogP contribution in [0, 0.1) is 17.5 Å². The standard InChI is InChI=1S/C15H9F3N4O2S/c16-9-3-4-10(13(18)12(9)17)20-11(23)7-25-15-22-21-14(24-15)8-2-1-5-19-6-8/h1-6H,7H2,(H,20,23). The molecule has 3 rings (SSSR count). The molecule has 0 bridgehead atoms. The first-order valence-electron chi connectivity index (χ1n) is 6.84. The first-order chi connectivity index (χ1) is 12.0. The number of aromatic nitrogens is 3. The highest BCUT2D eigenvalue weighted by molar-refractivity contribution is 7.99. The summed E-state index contributed by atoms with van der Waals surface area (Å²) in [5.41, 5.74) is 0.168. The van der Waals surface area contributed by atoms with Crippen LogP contribution in [-0.4, -0.2) is 26.8 Å². The fourth-order valence-corrected chi connectivity index (χ4v) is 2.37. The molecule has 10 heteroatoms. The number of anilines is 1. The van der Waals surface area contributed by atoms with Gasteiger partial charge in [0, 0.05) is 12.4 Å². The Morgan fingerprint density at radius 1 is 1.16 bits per heavy atom. The van der Waals surface area contributed by atoms with Crippen molar-refractivity contribution in [3.8, 4) is 11.5 Å². The van der Waals surface area contributed by atoms with Crippen LogP contribution in [0.25, 0.3) is 11.5 Å². The van der Waals surface area contributed by atoms with Gasteiger partial charge in [0.2, 0.25) is 11.8 Å². The number of carbonyl (C=O) groups excluding carboxylic acids is 1. The van der Waals surface area contributed by atoms with Gasteiger partial charge in [0.15, 0.2) is 17.5 Å². The number of amides is 1. The van der Waals surface area contributed by atoms with Crippen LogP contribution in [0.2, 0.25) is 0 Å². The number of thioether (sulfide) groups is 1. The highest BCUT2D eigenvalue weighted by atomic mass is 32.2. The van der Waals surface area contributed by atoms with Crippen LogP contribution < -0.4 is 5.32 Å². The number of nitrogens with one attached hydrogen (secondary N) is 1. The Kier molecular flexibility index (Phi) is 4.98. The van der Waals surface area contributed by atoms with E-state index >= 15 is 0 Å². The Morgan fingerprint density at radius 2 is 2.00 bits per heavy atom. The van der Waals surface area contributed by atoms with Gasteiger partial charge in [0.1, 0.15) is 0 Å². The quantitative estimate of drug-likeness (QED) is 0.551. The molecule has 0 atom stereocenters. The van der Waals surface area contributed by atoms with Gasteiger partial charge in [-0.05, 0) is 24.3 Å². The molecule has 0 spiro atoms. The van der Waals surface area contributed by atoms with Gasteiger partial charge < -0.3 is 9.73 Å². The molecule has 1 aromatic carbocycles. The number of halogens is 3. The van der Waals surface area contributed by atoms with Crippen molar-refractivity contribution in [1.82, 2.24) is 15.2 Å². The van der Waals surface area contributed by atoms with Crippen LogP contribution in [0.4, 0.5) is 18.9 Å². The number of hydrogen-bond donors (Lipinski definition) is 1. The monoisotopic (exact) mass is 366 g/mol. The van der Waals surface area contributed by atoms with Crippen LogP contribution in [0.5, 0.6) is 0 Å². The highest BCUT2D eigenvalue weighted by Crippen LogP contribution is 2.23. The minimum atomic E-state index is -1.65. The average molecular weight is 366 g/mol. The number of pyridine rings is 1. The molecule has 0 aliphatic rings. The summed E-state index contributed by atoms with van der Waals surface area (Å²) in [6, 6.07) is 5.09. The Bertz CT molecular complexity index is 905. The van der Waals surface area contributed by atoms with Crippen LogP contribution in [-0.2, 0) is 4.79 Å². The summed E-state index contributed by atoms with van der Waals surface area (Å²) in [6.07, 6.45) is 3.14. The predicted octanol–water partition coefficient (Wildman–Crippen LogP) is 3.28. The second-order valence-electron chi connectivity index (χ2n) is 4.67. The van der Waals surface area contributed by atoms with Crippen molar-refractivity contribution in [2.24, 2.45) is 0 Å². The molecular weight excluding hydrogens is 357 g/mol. The molecule has 3 aromatic rings. The van der Waals surface area contributed by atoms with Gasteiger partial charge in [-0.2, -0.15) is 0 Å². The van der Waals surface area contributed by atoms with E-state index in [2.05, 4.69) is 20.5 Å². The number of carbonyl (C=O) groups is 1. The van der Waals surface area contributed by atoms with Gasteiger partial charge in [0.25, 0.3) is 5.22 Å². The van der Waals surface area contributed by atoms with E-state index in [1.165, 1.54) is 0 Å². The molecule has 128 valence electrons. The summed E-state index contributed by atoms with van der Waals surface area (Å²) in [6.45, 7) is 0. The Labute approximate surface area is 143 Å². The molecule has 0 unspecified atom stereocenters. The number of hydrogen-bond acceptors (Lipinski definition) is 6. The van der Waals surface area contributed by atoms with Gasteiger partial charge in [-0.1, -0.05) is 11.8 Å². The first-order valence-corrected chi connectivity index (χ1v) is 7.83. The van der Waals surface area contributed by atoms with Crippen molar-refractivity contribution in [3.05, 3.63) is 54.1 Å². The molecule has 0 aliphatic carbocycles. The fraction of sp³-hybridized carbons (Fsp3) is 0.0667. The Balaban J connectivity index is 1.60. The van der Waals surface area contributed by atoms with Crippen LogP contribution in [0.3, 0.4) is 0 Å². The van der Waals surface area contributed by atoms with E-state index < -0.39 is 29.0 Å². The third-order valence-electron chi connectivity index (χ3n) is 2.95. The van der Waals surface area contributed by atoms with Crippen LogP contribution in [0.15, 0.2) is 46.3 Å². The van der Waals surface area contributed by atoms with Gasteiger partial charge in [0.05, 0.1) is 17.0 Å². The summed E-state index contributed by atoms with van der Waals surface area (Å²) in [5.74, 6) is -5.04. The zero-order valence-corrected chi connectivity index (χ0v) is 13.2. The fourth-order valence-electron chi connectivity index (χ4n) is 1.81. The molecule has 0 radical (unpaired) electrons. The maximum Gasteiger partial charge on any atom is 0.277 e. The summed E-state index contributed by atoms with van der Waals surface area (Å²) in [7, 11) is 0. The van der Waals surface area contributed by atoms with Gasteiger partial charge in [-0.3, -0.25) is 9.78 Å². The van der Waals surface area contributed by atoms with E-state index in [0.29, 0.717) is 5.56 Å².